The largest absolute Gasteiger partial charge is 0.326 e. The Balaban J connectivity index is 1.50. The molecule has 25 heavy (non-hydrogen) atoms. The van der Waals surface area contributed by atoms with Crippen LogP contribution in [0.4, 0.5) is 11.4 Å². The molecule has 1 heterocycles. The van der Waals surface area contributed by atoms with Crippen LogP contribution in [0.15, 0.2) is 72.8 Å². The van der Waals surface area contributed by atoms with Crippen molar-refractivity contribution in [1.82, 2.24) is 0 Å². The molecule has 0 atom stereocenters. The Morgan fingerprint density at radius 2 is 1.60 bits per heavy atom. The van der Waals surface area contributed by atoms with Gasteiger partial charge in [0.2, 0.25) is 5.91 Å². The van der Waals surface area contributed by atoms with Crippen molar-refractivity contribution in [3.8, 4) is 11.1 Å². The predicted octanol–water partition coefficient (Wildman–Crippen LogP) is 4.10. The molecule has 0 aromatic heterocycles. The van der Waals surface area contributed by atoms with Gasteiger partial charge >= 0.3 is 0 Å². The van der Waals surface area contributed by atoms with E-state index in [0.29, 0.717) is 17.7 Å². The normalized spacial score (nSPS) is 12.4. The summed E-state index contributed by atoms with van der Waals surface area (Å²) in [5.74, 6) is -0.188. The third-order valence-electron chi connectivity index (χ3n) is 4.24. The van der Waals surface area contributed by atoms with Gasteiger partial charge in [-0.3, -0.25) is 9.59 Å². The van der Waals surface area contributed by atoms with E-state index in [0.717, 1.165) is 22.4 Å². The number of fused-ring (bicyclic) bond motifs is 1. The fourth-order valence-corrected chi connectivity index (χ4v) is 2.95. The second-order valence-electron chi connectivity index (χ2n) is 5.99. The van der Waals surface area contributed by atoms with Gasteiger partial charge in [0.05, 0.1) is 6.42 Å². The highest BCUT2D eigenvalue weighted by Crippen LogP contribution is 2.26. The Kier molecular flexibility index (Phi) is 3.78. The number of anilines is 2. The molecule has 0 bridgehead atoms. The number of carbonyl (C=O) groups excluding carboxylic acids is 2. The van der Waals surface area contributed by atoms with Crippen LogP contribution in [-0.2, 0) is 11.2 Å². The van der Waals surface area contributed by atoms with Gasteiger partial charge in [-0.1, -0.05) is 42.5 Å². The molecule has 4 rings (SSSR count). The van der Waals surface area contributed by atoms with Crippen molar-refractivity contribution in [2.45, 2.75) is 6.42 Å². The third kappa shape index (κ3) is 3.15. The molecule has 1 aliphatic heterocycles. The highest BCUT2D eigenvalue weighted by atomic mass is 16.2. The molecule has 4 heteroatoms. The molecule has 2 N–H and O–H groups in total. The minimum Gasteiger partial charge on any atom is -0.326 e. The molecule has 0 saturated carbocycles. The summed E-state index contributed by atoms with van der Waals surface area (Å²) in [5, 5.41) is 5.66. The van der Waals surface area contributed by atoms with Gasteiger partial charge in [0.25, 0.3) is 5.91 Å². The van der Waals surface area contributed by atoms with E-state index < -0.39 is 0 Å². The highest BCUT2D eigenvalue weighted by Gasteiger charge is 2.18. The summed E-state index contributed by atoms with van der Waals surface area (Å²) in [5.41, 5.74) is 5.18. The fourth-order valence-electron chi connectivity index (χ4n) is 2.95. The Hall–Kier alpha value is -3.40. The van der Waals surface area contributed by atoms with Crippen LogP contribution >= 0.6 is 0 Å². The van der Waals surface area contributed by atoms with Crippen molar-refractivity contribution in [2.75, 3.05) is 10.6 Å². The van der Waals surface area contributed by atoms with Crippen molar-refractivity contribution in [3.05, 3.63) is 83.9 Å². The number of amides is 2. The Labute approximate surface area is 145 Å². The van der Waals surface area contributed by atoms with Crippen LogP contribution in [0.5, 0.6) is 0 Å². The van der Waals surface area contributed by atoms with E-state index in [1.807, 2.05) is 66.7 Å². The maximum Gasteiger partial charge on any atom is 0.255 e. The summed E-state index contributed by atoms with van der Waals surface area (Å²) in [7, 11) is 0. The zero-order valence-electron chi connectivity index (χ0n) is 13.5. The topological polar surface area (TPSA) is 58.2 Å². The van der Waals surface area contributed by atoms with Gasteiger partial charge in [0.15, 0.2) is 0 Å². The number of benzene rings is 3. The predicted molar refractivity (Wildman–Crippen MR) is 98.6 cm³/mol. The van der Waals surface area contributed by atoms with Crippen LogP contribution in [0.3, 0.4) is 0 Å². The molecule has 3 aromatic carbocycles. The summed E-state index contributed by atoms with van der Waals surface area (Å²) in [6.45, 7) is 0. The standard InChI is InChI=1S/C21H16N2O2/c24-20-13-17-12-18(10-11-19(17)23-20)22-21(25)16-8-6-15(7-9-16)14-4-2-1-3-5-14/h1-12H,13H2,(H,22,25)(H,23,24). The molecule has 0 fully saturated rings. The van der Waals surface area contributed by atoms with E-state index in [2.05, 4.69) is 10.6 Å². The van der Waals surface area contributed by atoms with Crippen LogP contribution in [0.1, 0.15) is 15.9 Å². The first-order chi connectivity index (χ1) is 12.2. The van der Waals surface area contributed by atoms with Gasteiger partial charge in [0, 0.05) is 16.9 Å². The Morgan fingerprint density at radius 1 is 0.880 bits per heavy atom. The monoisotopic (exact) mass is 328 g/mol. The minimum atomic E-state index is -0.170. The number of nitrogens with one attached hydrogen (secondary N) is 2. The Morgan fingerprint density at radius 3 is 2.36 bits per heavy atom. The molecule has 4 nitrogen and oxygen atoms in total. The van der Waals surface area contributed by atoms with Crippen LogP contribution in [0, 0.1) is 0 Å². The minimum absolute atomic E-state index is 0.0185. The SMILES string of the molecule is O=C1Cc2cc(NC(=O)c3ccc(-c4ccccc4)cc3)ccc2N1. The lowest BCUT2D eigenvalue weighted by molar-refractivity contribution is -0.115. The van der Waals surface area contributed by atoms with Crippen molar-refractivity contribution in [3.63, 3.8) is 0 Å². The second kappa shape index (κ2) is 6.24. The first-order valence-corrected chi connectivity index (χ1v) is 8.09. The van der Waals surface area contributed by atoms with Crippen molar-refractivity contribution in [1.29, 1.82) is 0 Å². The Bertz CT molecular complexity index is 947. The van der Waals surface area contributed by atoms with Crippen LogP contribution in [0.25, 0.3) is 11.1 Å². The van der Waals surface area contributed by atoms with E-state index in [1.165, 1.54) is 0 Å². The van der Waals surface area contributed by atoms with Gasteiger partial charge in [-0.25, -0.2) is 0 Å². The van der Waals surface area contributed by atoms with Gasteiger partial charge < -0.3 is 10.6 Å². The number of rotatable bonds is 3. The summed E-state index contributed by atoms with van der Waals surface area (Å²) >= 11 is 0. The van der Waals surface area contributed by atoms with Crippen LogP contribution in [0.2, 0.25) is 0 Å². The number of hydrogen-bond donors (Lipinski definition) is 2. The zero-order chi connectivity index (χ0) is 17.2. The molecule has 1 aliphatic rings. The summed E-state index contributed by atoms with van der Waals surface area (Å²) in [6.07, 6.45) is 0.352. The van der Waals surface area contributed by atoms with Crippen molar-refractivity contribution < 1.29 is 9.59 Å². The maximum absolute atomic E-state index is 12.4. The molecular weight excluding hydrogens is 312 g/mol. The van der Waals surface area contributed by atoms with E-state index in [-0.39, 0.29) is 11.8 Å². The fraction of sp³-hybridized carbons (Fsp3) is 0.0476. The summed E-state index contributed by atoms with van der Waals surface area (Å²) in [6, 6.07) is 23.0. The average molecular weight is 328 g/mol. The quantitative estimate of drug-likeness (QED) is 0.760. The molecule has 0 radical (unpaired) electrons. The van der Waals surface area contributed by atoms with Gasteiger partial charge in [-0.2, -0.15) is 0 Å². The van der Waals surface area contributed by atoms with Gasteiger partial charge in [0.1, 0.15) is 0 Å². The highest BCUT2D eigenvalue weighted by molar-refractivity contribution is 6.05. The lowest BCUT2D eigenvalue weighted by Crippen LogP contribution is -2.11. The molecule has 3 aromatic rings. The summed E-state index contributed by atoms with van der Waals surface area (Å²) in [4.78, 5) is 23.8. The van der Waals surface area contributed by atoms with Crippen LogP contribution < -0.4 is 10.6 Å². The van der Waals surface area contributed by atoms with Gasteiger partial charge in [-0.15, -0.1) is 0 Å². The average Bonchev–Trinajstić information content (AvgIpc) is 3.02. The lowest BCUT2D eigenvalue weighted by atomic mass is 10.0. The molecular formula is C21H16N2O2. The summed E-state index contributed by atoms with van der Waals surface area (Å²) < 4.78 is 0. The second-order valence-corrected chi connectivity index (χ2v) is 5.99. The van der Waals surface area contributed by atoms with E-state index in [9.17, 15) is 9.59 Å². The van der Waals surface area contributed by atoms with E-state index in [4.69, 9.17) is 0 Å². The molecule has 0 unspecified atom stereocenters. The van der Waals surface area contributed by atoms with E-state index >= 15 is 0 Å². The third-order valence-corrected chi connectivity index (χ3v) is 4.24. The first kappa shape index (κ1) is 15.1. The smallest absolute Gasteiger partial charge is 0.255 e. The van der Waals surface area contributed by atoms with Gasteiger partial charge in [-0.05, 0) is 47.0 Å². The maximum atomic E-state index is 12.4. The van der Waals surface area contributed by atoms with E-state index in [1.54, 1.807) is 6.07 Å². The van der Waals surface area contributed by atoms with Crippen LogP contribution in [-0.4, -0.2) is 11.8 Å². The molecule has 2 amide bonds. The van der Waals surface area contributed by atoms with Crippen molar-refractivity contribution in [2.24, 2.45) is 0 Å². The van der Waals surface area contributed by atoms with Crippen molar-refractivity contribution >= 4 is 23.2 Å². The first-order valence-electron chi connectivity index (χ1n) is 8.09. The molecule has 0 aliphatic carbocycles. The zero-order valence-corrected chi connectivity index (χ0v) is 13.5. The molecule has 0 spiro atoms. The molecule has 122 valence electrons. The molecule has 0 saturated heterocycles. The number of hydrogen-bond acceptors (Lipinski definition) is 2. The lowest BCUT2D eigenvalue weighted by Gasteiger charge is -2.08. The number of carbonyl (C=O) groups is 2.